The second kappa shape index (κ2) is 8.89. The minimum atomic E-state index is -0.271. The molecule has 0 saturated heterocycles. The predicted molar refractivity (Wildman–Crippen MR) is 111 cm³/mol. The standard InChI is InChI=1S/C20H15Br2ClFNO/c21-18-9-14(11-25-17-6-4-15(23)5-7-17)10-19(22)20(18)26-12-13-2-1-3-16(24)8-13/h1-10,25H,11-12H2. The van der Waals surface area contributed by atoms with Gasteiger partial charge in [0.1, 0.15) is 18.2 Å². The van der Waals surface area contributed by atoms with Gasteiger partial charge in [0, 0.05) is 17.3 Å². The van der Waals surface area contributed by atoms with E-state index in [2.05, 4.69) is 37.2 Å². The second-order valence-corrected chi connectivity index (χ2v) is 7.81. The van der Waals surface area contributed by atoms with Crippen LogP contribution in [0.5, 0.6) is 5.75 Å². The van der Waals surface area contributed by atoms with E-state index in [1.807, 2.05) is 42.5 Å². The van der Waals surface area contributed by atoms with Crippen LogP contribution in [-0.4, -0.2) is 0 Å². The molecule has 0 aromatic heterocycles. The maximum absolute atomic E-state index is 13.3. The Bertz CT molecular complexity index is 880. The van der Waals surface area contributed by atoms with E-state index >= 15 is 0 Å². The third-order valence-corrected chi connectivity index (χ3v) is 5.10. The molecule has 0 aliphatic carbocycles. The molecule has 0 spiro atoms. The Morgan fingerprint density at radius 3 is 2.27 bits per heavy atom. The van der Waals surface area contributed by atoms with Gasteiger partial charge >= 0.3 is 0 Å². The fourth-order valence-electron chi connectivity index (χ4n) is 2.41. The number of halogens is 4. The SMILES string of the molecule is Fc1cccc(COc2c(Br)cc(CNc3ccc(Cl)cc3)cc2Br)c1. The highest BCUT2D eigenvalue weighted by atomic mass is 79.9. The Kier molecular flexibility index (Phi) is 6.57. The van der Waals surface area contributed by atoms with Gasteiger partial charge in [-0.05, 0) is 91.5 Å². The Morgan fingerprint density at radius 1 is 0.923 bits per heavy atom. The average Bonchev–Trinajstić information content (AvgIpc) is 2.60. The number of hydrogen-bond donors (Lipinski definition) is 1. The van der Waals surface area contributed by atoms with Gasteiger partial charge < -0.3 is 10.1 Å². The van der Waals surface area contributed by atoms with Gasteiger partial charge in [0.15, 0.2) is 0 Å². The van der Waals surface area contributed by atoms with E-state index in [9.17, 15) is 4.39 Å². The smallest absolute Gasteiger partial charge is 0.148 e. The summed E-state index contributed by atoms with van der Waals surface area (Å²) in [5.41, 5.74) is 2.85. The van der Waals surface area contributed by atoms with Crippen molar-refractivity contribution in [3.63, 3.8) is 0 Å². The van der Waals surface area contributed by atoms with Gasteiger partial charge in [0.05, 0.1) is 8.95 Å². The molecule has 2 nitrogen and oxygen atoms in total. The number of nitrogens with one attached hydrogen (secondary N) is 1. The maximum Gasteiger partial charge on any atom is 0.148 e. The molecule has 3 rings (SSSR count). The van der Waals surface area contributed by atoms with Crippen LogP contribution in [0.1, 0.15) is 11.1 Å². The molecule has 0 aliphatic heterocycles. The zero-order valence-corrected chi connectivity index (χ0v) is 17.5. The topological polar surface area (TPSA) is 21.3 Å². The summed E-state index contributed by atoms with van der Waals surface area (Å²) in [4.78, 5) is 0. The van der Waals surface area contributed by atoms with Crippen molar-refractivity contribution in [1.29, 1.82) is 0 Å². The Hall–Kier alpha value is -1.56. The number of benzene rings is 3. The summed E-state index contributed by atoms with van der Waals surface area (Å²) in [7, 11) is 0. The van der Waals surface area contributed by atoms with Crippen molar-refractivity contribution >= 4 is 49.1 Å². The fraction of sp³-hybridized carbons (Fsp3) is 0.100. The van der Waals surface area contributed by atoms with Crippen LogP contribution >= 0.6 is 43.5 Å². The average molecular weight is 500 g/mol. The molecule has 0 bridgehead atoms. The Balaban J connectivity index is 1.66. The van der Waals surface area contributed by atoms with E-state index in [0.717, 1.165) is 25.8 Å². The Morgan fingerprint density at radius 2 is 1.62 bits per heavy atom. The predicted octanol–water partition coefficient (Wildman–Crippen LogP) is 7.20. The van der Waals surface area contributed by atoms with E-state index in [-0.39, 0.29) is 12.4 Å². The summed E-state index contributed by atoms with van der Waals surface area (Å²) < 4.78 is 20.8. The van der Waals surface area contributed by atoms with Gasteiger partial charge in [-0.3, -0.25) is 0 Å². The summed E-state index contributed by atoms with van der Waals surface area (Å²) in [5, 5.41) is 4.05. The molecule has 134 valence electrons. The third kappa shape index (κ3) is 5.22. The van der Waals surface area contributed by atoms with Crippen LogP contribution < -0.4 is 10.1 Å². The summed E-state index contributed by atoms with van der Waals surface area (Å²) in [5.74, 6) is 0.414. The van der Waals surface area contributed by atoms with Crippen molar-refractivity contribution in [3.05, 3.63) is 91.6 Å². The molecule has 6 heteroatoms. The molecule has 0 atom stereocenters. The van der Waals surface area contributed by atoms with Crippen LogP contribution in [0.3, 0.4) is 0 Å². The van der Waals surface area contributed by atoms with Crippen molar-refractivity contribution in [2.45, 2.75) is 13.2 Å². The van der Waals surface area contributed by atoms with Crippen molar-refractivity contribution < 1.29 is 9.13 Å². The number of ether oxygens (including phenoxy) is 1. The molecule has 3 aromatic rings. The molecular formula is C20H15Br2ClFNO. The van der Waals surface area contributed by atoms with Gasteiger partial charge in [-0.2, -0.15) is 0 Å². The zero-order valence-electron chi connectivity index (χ0n) is 13.6. The van der Waals surface area contributed by atoms with Crippen molar-refractivity contribution in [2.24, 2.45) is 0 Å². The van der Waals surface area contributed by atoms with Crippen LogP contribution in [0.15, 0.2) is 69.6 Å². The first-order chi connectivity index (χ1) is 12.5. The molecule has 0 fully saturated rings. The number of anilines is 1. The van der Waals surface area contributed by atoms with Gasteiger partial charge in [-0.1, -0.05) is 23.7 Å². The van der Waals surface area contributed by atoms with Crippen LogP contribution in [0.25, 0.3) is 0 Å². The van der Waals surface area contributed by atoms with E-state index in [0.29, 0.717) is 17.3 Å². The zero-order chi connectivity index (χ0) is 18.5. The second-order valence-electron chi connectivity index (χ2n) is 5.67. The number of rotatable bonds is 6. The number of hydrogen-bond acceptors (Lipinski definition) is 2. The Labute approximate surface area is 173 Å². The molecule has 0 radical (unpaired) electrons. The van der Waals surface area contributed by atoms with Crippen molar-refractivity contribution in [2.75, 3.05) is 5.32 Å². The van der Waals surface area contributed by atoms with E-state index in [1.165, 1.54) is 12.1 Å². The first-order valence-corrected chi connectivity index (χ1v) is 9.82. The minimum Gasteiger partial charge on any atom is -0.487 e. The minimum absolute atomic E-state index is 0.271. The molecule has 0 saturated carbocycles. The summed E-state index contributed by atoms with van der Waals surface area (Å²) >= 11 is 13.0. The molecule has 0 heterocycles. The van der Waals surface area contributed by atoms with Crippen LogP contribution in [0, 0.1) is 5.82 Å². The molecule has 0 amide bonds. The van der Waals surface area contributed by atoms with Crippen molar-refractivity contribution in [1.82, 2.24) is 0 Å². The van der Waals surface area contributed by atoms with E-state index in [4.69, 9.17) is 16.3 Å². The molecule has 0 aliphatic rings. The lowest BCUT2D eigenvalue weighted by Gasteiger charge is -2.13. The van der Waals surface area contributed by atoms with Crippen LogP contribution in [-0.2, 0) is 13.2 Å². The van der Waals surface area contributed by atoms with E-state index in [1.54, 1.807) is 6.07 Å². The van der Waals surface area contributed by atoms with Gasteiger partial charge in [0.2, 0.25) is 0 Å². The summed E-state index contributed by atoms with van der Waals surface area (Å²) in [6, 6.07) is 17.9. The quantitative estimate of drug-likeness (QED) is 0.387. The first-order valence-electron chi connectivity index (χ1n) is 7.86. The van der Waals surface area contributed by atoms with Crippen molar-refractivity contribution in [3.8, 4) is 5.75 Å². The molecule has 3 aromatic carbocycles. The molecule has 26 heavy (non-hydrogen) atoms. The highest BCUT2D eigenvalue weighted by Crippen LogP contribution is 2.35. The fourth-order valence-corrected chi connectivity index (χ4v) is 4.04. The summed E-state index contributed by atoms with van der Waals surface area (Å²) in [6.07, 6.45) is 0. The van der Waals surface area contributed by atoms with E-state index < -0.39 is 0 Å². The highest BCUT2D eigenvalue weighted by molar-refractivity contribution is 9.11. The molecular weight excluding hydrogens is 484 g/mol. The lowest BCUT2D eigenvalue weighted by atomic mass is 10.2. The largest absolute Gasteiger partial charge is 0.487 e. The lowest BCUT2D eigenvalue weighted by molar-refractivity contribution is 0.301. The lowest BCUT2D eigenvalue weighted by Crippen LogP contribution is -2.01. The molecule has 1 N–H and O–H groups in total. The normalized spacial score (nSPS) is 10.6. The highest BCUT2D eigenvalue weighted by Gasteiger charge is 2.10. The van der Waals surface area contributed by atoms with Crippen LogP contribution in [0.4, 0.5) is 10.1 Å². The van der Waals surface area contributed by atoms with Gasteiger partial charge in [-0.15, -0.1) is 0 Å². The summed E-state index contributed by atoms with van der Waals surface area (Å²) in [6.45, 7) is 0.945. The van der Waals surface area contributed by atoms with Gasteiger partial charge in [-0.25, -0.2) is 4.39 Å². The van der Waals surface area contributed by atoms with Gasteiger partial charge in [0.25, 0.3) is 0 Å². The third-order valence-electron chi connectivity index (χ3n) is 3.67. The molecule has 0 unspecified atom stereocenters. The monoisotopic (exact) mass is 497 g/mol. The maximum atomic E-state index is 13.3. The first kappa shape index (κ1) is 19.2. The van der Waals surface area contributed by atoms with Crippen LogP contribution in [0.2, 0.25) is 5.02 Å².